The molecule has 0 saturated carbocycles. The van der Waals surface area contributed by atoms with E-state index in [4.69, 9.17) is 11.6 Å². The second-order valence-electron chi connectivity index (χ2n) is 5.19. The SMILES string of the molecule is CC(Cl)CC(C)NCc1ccc(C(C)C)cc1. The van der Waals surface area contributed by atoms with Crippen LogP contribution in [-0.2, 0) is 6.54 Å². The Bertz CT molecular complexity index is 316. The lowest BCUT2D eigenvalue weighted by Crippen LogP contribution is -2.27. The molecule has 0 heterocycles. The highest BCUT2D eigenvalue weighted by Gasteiger charge is 2.05. The summed E-state index contributed by atoms with van der Waals surface area (Å²) in [5, 5.41) is 3.73. The molecular formula is C15H24ClN. The van der Waals surface area contributed by atoms with Crippen LogP contribution in [0, 0.1) is 0 Å². The third kappa shape index (κ3) is 5.56. The Balaban J connectivity index is 2.42. The van der Waals surface area contributed by atoms with Crippen molar-refractivity contribution in [1.82, 2.24) is 5.32 Å². The predicted molar refractivity (Wildman–Crippen MR) is 76.8 cm³/mol. The number of hydrogen-bond acceptors (Lipinski definition) is 1. The van der Waals surface area contributed by atoms with E-state index >= 15 is 0 Å². The van der Waals surface area contributed by atoms with Gasteiger partial charge in [0.1, 0.15) is 0 Å². The molecule has 1 nitrogen and oxygen atoms in total. The molecular weight excluding hydrogens is 230 g/mol. The Morgan fingerprint density at radius 1 is 1.06 bits per heavy atom. The molecule has 2 unspecified atom stereocenters. The molecule has 1 aromatic carbocycles. The molecule has 0 radical (unpaired) electrons. The summed E-state index contributed by atoms with van der Waals surface area (Å²) in [6, 6.07) is 9.32. The molecule has 1 rings (SSSR count). The predicted octanol–water partition coefficient (Wildman–Crippen LogP) is 4.31. The molecule has 2 atom stereocenters. The van der Waals surface area contributed by atoms with E-state index in [1.165, 1.54) is 11.1 Å². The average Bonchev–Trinajstić information content (AvgIpc) is 2.26. The minimum Gasteiger partial charge on any atom is -0.310 e. The van der Waals surface area contributed by atoms with Crippen LogP contribution in [0.15, 0.2) is 24.3 Å². The van der Waals surface area contributed by atoms with Gasteiger partial charge in [0.05, 0.1) is 0 Å². The molecule has 2 heteroatoms. The van der Waals surface area contributed by atoms with Crippen LogP contribution in [0.1, 0.15) is 51.2 Å². The molecule has 0 aliphatic heterocycles. The van der Waals surface area contributed by atoms with Crippen molar-refractivity contribution in [2.24, 2.45) is 0 Å². The molecule has 17 heavy (non-hydrogen) atoms. The number of rotatable bonds is 6. The van der Waals surface area contributed by atoms with E-state index in [2.05, 4.69) is 50.4 Å². The summed E-state index contributed by atoms with van der Waals surface area (Å²) < 4.78 is 0. The fraction of sp³-hybridized carbons (Fsp3) is 0.600. The van der Waals surface area contributed by atoms with E-state index in [9.17, 15) is 0 Å². The lowest BCUT2D eigenvalue weighted by atomic mass is 10.0. The van der Waals surface area contributed by atoms with Crippen molar-refractivity contribution >= 4 is 11.6 Å². The standard InChI is InChI=1S/C15H24ClN/c1-11(2)15-7-5-14(6-8-15)10-17-13(4)9-12(3)16/h5-8,11-13,17H,9-10H2,1-4H3. The highest BCUT2D eigenvalue weighted by atomic mass is 35.5. The molecule has 0 amide bonds. The Hall–Kier alpha value is -0.530. The van der Waals surface area contributed by atoms with E-state index in [-0.39, 0.29) is 5.38 Å². The number of hydrogen-bond donors (Lipinski definition) is 1. The lowest BCUT2D eigenvalue weighted by Gasteiger charge is -2.15. The van der Waals surface area contributed by atoms with Gasteiger partial charge in [0.2, 0.25) is 0 Å². The number of nitrogens with one attached hydrogen (secondary N) is 1. The summed E-state index contributed by atoms with van der Waals surface area (Å²) in [6.45, 7) is 9.58. The van der Waals surface area contributed by atoms with E-state index in [0.29, 0.717) is 12.0 Å². The topological polar surface area (TPSA) is 12.0 Å². The van der Waals surface area contributed by atoms with Crippen LogP contribution in [0.4, 0.5) is 0 Å². The maximum Gasteiger partial charge on any atom is 0.0322 e. The van der Waals surface area contributed by atoms with Crippen LogP contribution in [0.2, 0.25) is 0 Å². The third-order valence-electron chi connectivity index (χ3n) is 2.98. The molecule has 0 aromatic heterocycles. The van der Waals surface area contributed by atoms with Crippen LogP contribution in [-0.4, -0.2) is 11.4 Å². The number of halogens is 1. The van der Waals surface area contributed by atoms with Gasteiger partial charge in [-0.15, -0.1) is 11.6 Å². The monoisotopic (exact) mass is 253 g/mol. The lowest BCUT2D eigenvalue weighted by molar-refractivity contribution is 0.511. The van der Waals surface area contributed by atoms with Crippen LogP contribution in [0.25, 0.3) is 0 Å². The van der Waals surface area contributed by atoms with Gasteiger partial charge >= 0.3 is 0 Å². The summed E-state index contributed by atoms with van der Waals surface area (Å²) in [6.07, 6.45) is 1.01. The van der Waals surface area contributed by atoms with Crippen molar-refractivity contribution in [2.75, 3.05) is 0 Å². The Morgan fingerprint density at radius 2 is 1.65 bits per heavy atom. The molecule has 0 aliphatic carbocycles. The fourth-order valence-corrected chi connectivity index (χ4v) is 2.15. The summed E-state index contributed by atoms with van der Waals surface area (Å²) in [5.74, 6) is 0.605. The summed E-state index contributed by atoms with van der Waals surface area (Å²) in [4.78, 5) is 0. The van der Waals surface area contributed by atoms with Gasteiger partial charge in [-0.25, -0.2) is 0 Å². The van der Waals surface area contributed by atoms with Crippen molar-refractivity contribution in [1.29, 1.82) is 0 Å². The van der Waals surface area contributed by atoms with Gasteiger partial charge in [-0.3, -0.25) is 0 Å². The second-order valence-corrected chi connectivity index (χ2v) is 5.94. The first-order valence-electron chi connectivity index (χ1n) is 6.45. The quantitative estimate of drug-likeness (QED) is 0.746. The van der Waals surface area contributed by atoms with E-state index in [1.54, 1.807) is 0 Å². The van der Waals surface area contributed by atoms with Gasteiger partial charge in [0.15, 0.2) is 0 Å². The molecule has 1 N–H and O–H groups in total. The minimum absolute atomic E-state index is 0.237. The number of alkyl halides is 1. The highest BCUT2D eigenvalue weighted by molar-refractivity contribution is 6.20. The van der Waals surface area contributed by atoms with Gasteiger partial charge in [-0.1, -0.05) is 38.1 Å². The maximum atomic E-state index is 5.97. The van der Waals surface area contributed by atoms with Gasteiger partial charge in [0.25, 0.3) is 0 Å². The van der Waals surface area contributed by atoms with Crippen molar-refractivity contribution in [3.8, 4) is 0 Å². The molecule has 1 aromatic rings. The zero-order valence-electron chi connectivity index (χ0n) is 11.3. The first-order chi connectivity index (χ1) is 7.99. The van der Waals surface area contributed by atoms with Crippen molar-refractivity contribution in [3.63, 3.8) is 0 Å². The zero-order valence-corrected chi connectivity index (χ0v) is 12.1. The summed E-state index contributed by atoms with van der Waals surface area (Å²) >= 11 is 5.97. The molecule has 0 saturated heterocycles. The van der Waals surface area contributed by atoms with E-state index in [1.807, 2.05) is 6.92 Å². The molecule has 0 aliphatic rings. The number of benzene rings is 1. The van der Waals surface area contributed by atoms with Crippen LogP contribution < -0.4 is 5.32 Å². The van der Waals surface area contributed by atoms with Crippen LogP contribution in [0.5, 0.6) is 0 Å². The molecule has 0 bridgehead atoms. The zero-order chi connectivity index (χ0) is 12.8. The van der Waals surface area contributed by atoms with Crippen molar-refractivity contribution in [3.05, 3.63) is 35.4 Å². The summed E-state index contributed by atoms with van der Waals surface area (Å²) in [7, 11) is 0. The van der Waals surface area contributed by atoms with Gasteiger partial charge < -0.3 is 5.32 Å². The highest BCUT2D eigenvalue weighted by Crippen LogP contribution is 2.14. The normalized spacial score (nSPS) is 14.9. The fourth-order valence-electron chi connectivity index (χ4n) is 1.88. The van der Waals surface area contributed by atoms with E-state index in [0.717, 1.165) is 13.0 Å². The largest absolute Gasteiger partial charge is 0.310 e. The smallest absolute Gasteiger partial charge is 0.0322 e. The molecule has 96 valence electrons. The second kappa shape index (κ2) is 7.03. The van der Waals surface area contributed by atoms with Crippen molar-refractivity contribution < 1.29 is 0 Å². The van der Waals surface area contributed by atoms with E-state index < -0.39 is 0 Å². The molecule has 0 fully saturated rings. The first kappa shape index (κ1) is 14.5. The Kier molecular flexibility index (Phi) is 6.01. The van der Waals surface area contributed by atoms with Crippen LogP contribution in [0.3, 0.4) is 0 Å². The van der Waals surface area contributed by atoms with Gasteiger partial charge in [-0.2, -0.15) is 0 Å². The third-order valence-corrected chi connectivity index (χ3v) is 3.16. The Labute approximate surface area is 111 Å². The van der Waals surface area contributed by atoms with Gasteiger partial charge in [-0.05, 0) is 37.3 Å². The molecule has 0 spiro atoms. The Morgan fingerprint density at radius 3 is 2.12 bits per heavy atom. The minimum atomic E-state index is 0.237. The maximum absolute atomic E-state index is 5.97. The van der Waals surface area contributed by atoms with Gasteiger partial charge in [0, 0.05) is 18.0 Å². The van der Waals surface area contributed by atoms with Crippen molar-refractivity contribution in [2.45, 2.75) is 58.0 Å². The first-order valence-corrected chi connectivity index (χ1v) is 6.89. The average molecular weight is 254 g/mol. The van der Waals surface area contributed by atoms with Crippen LogP contribution >= 0.6 is 11.6 Å². The summed E-state index contributed by atoms with van der Waals surface area (Å²) in [5.41, 5.74) is 2.74.